The summed E-state index contributed by atoms with van der Waals surface area (Å²) in [5.41, 5.74) is -0.923. The van der Waals surface area contributed by atoms with E-state index in [2.05, 4.69) is 9.89 Å². The highest BCUT2D eigenvalue weighted by Gasteiger charge is 2.37. The van der Waals surface area contributed by atoms with Gasteiger partial charge in [-0.2, -0.15) is 0 Å². The zero-order valence-corrected chi connectivity index (χ0v) is 11.2. The summed E-state index contributed by atoms with van der Waals surface area (Å²) in [6.45, 7) is 4.87. The van der Waals surface area contributed by atoms with Crippen LogP contribution in [-0.2, 0) is 9.53 Å². The van der Waals surface area contributed by atoms with Crippen LogP contribution in [-0.4, -0.2) is 49.7 Å². The highest BCUT2D eigenvalue weighted by Crippen LogP contribution is 2.24. The van der Waals surface area contributed by atoms with Gasteiger partial charge in [0.05, 0.1) is 12.6 Å². The fourth-order valence-electron chi connectivity index (χ4n) is 1.66. The summed E-state index contributed by atoms with van der Waals surface area (Å²) < 4.78 is 5.04. The summed E-state index contributed by atoms with van der Waals surface area (Å²) >= 11 is 0. The van der Waals surface area contributed by atoms with E-state index in [0.29, 0.717) is 19.4 Å². The highest BCUT2D eigenvalue weighted by atomic mass is 16.5. The molecule has 5 heteroatoms. The minimum Gasteiger partial charge on any atom is -0.464 e. The van der Waals surface area contributed by atoms with Gasteiger partial charge in [0, 0.05) is 0 Å². The first-order valence-electron chi connectivity index (χ1n) is 5.98. The van der Waals surface area contributed by atoms with E-state index in [1.165, 1.54) is 0 Å². The quantitative estimate of drug-likeness (QED) is 0.520. The van der Waals surface area contributed by atoms with Crippen LogP contribution in [0.3, 0.4) is 0 Å². The van der Waals surface area contributed by atoms with Gasteiger partial charge in [-0.1, -0.05) is 6.92 Å². The lowest BCUT2D eigenvalue weighted by molar-refractivity contribution is -0.150. The highest BCUT2D eigenvalue weighted by molar-refractivity contribution is 5.82. The smallest absolute Gasteiger partial charge is 0.334 e. The van der Waals surface area contributed by atoms with Gasteiger partial charge in [0.1, 0.15) is 0 Å². The fourth-order valence-corrected chi connectivity index (χ4v) is 1.66. The molecule has 0 aliphatic carbocycles. The molecule has 0 saturated heterocycles. The van der Waals surface area contributed by atoms with Crippen LogP contribution in [0.1, 0.15) is 33.1 Å². The van der Waals surface area contributed by atoms with E-state index in [4.69, 9.17) is 10.1 Å². The van der Waals surface area contributed by atoms with Gasteiger partial charge in [-0.05, 0) is 46.8 Å². The van der Waals surface area contributed by atoms with Gasteiger partial charge in [-0.15, -0.1) is 0 Å². The van der Waals surface area contributed by atoms with E-state index < -0.39 is 5.54 Å². The van der Waals surface area contributed by atoms with Gasteiger partial charge >= 0.3 is 5.97 Å². The second-order valence-corrected chi connectivity index (χ2v) is 4.24. The lowest BCUT2D eigenvalue weighted by atomic mass is 9.91. The van der Waals surface area contributed by atoms with Crippen molar-refractivity contribution in [2.45, 2.75) is 38.6 Å². The van der Waals surface area contributed by atoms with Crippen molar-refractivity contribution in [1.82, 2.24) is 4.90 Å². The van der Waals surface area contributed by atoms with Crippen LogP contribution < -0.4 is 0 Å². The summed E-state index contributed by atoms with van der Waals surface area (Å²) in [5, 5.41) is 6.97. The number of hydrogen-bond acceptors (Lipinski definition) is 5. The summed E-state index contributed by atoms with van der Waals surface area (Å²) in [5.74, 6) is -0.346. The molecule has 0 aromatic rings. The Morgan fingerprint density at radius 3 is 2.53 bits per heavy atom. The van der Waals surface area contributed by atoms with Gasteiger partial charge in [-0.25, -0.2) is 15.2 Å². The standard InChI is InChI=1S/C12H23N3O2/c1-5-12(14-10-13,11(16)17-6-2)8-7-9-15(3)4/h13H,5-9H2,1-4H3. The Balaban J connectivity index is 4.70. The van der Waals surface area contributed by atoms with Crippen LogP contribution in [0.5, 0.6) is 0 Å². The van der Waals surface area contributed by atoms with Gasteiger partial charge < -0.3 is 9.64 Å². The number of aliphatic imine (C=N–C) groups is 1. The molecule has 1 N–H and O–H groups in total. The van der Waals surface area contributed by atoms with Crippen molar-refractivity contribution in [2.24, 2.45) is 4.99 Å². The predicted molar refractivity (Wildman–Crippen MR) is 67.6 cm³/mol. The number of carbonyl (C=O) groups is 1. The van der Waals surface area contributed by atoms with E-state index in [0.717, 1.165) is 13.0 Å². The first-order chi connectivity index (χ1) is 8.02. The fraction of sp³-hybridized carbons (Fsp3) is 0.833. The molecule has 98 valence electrons. The maximum Gasteiger partial charge on any atom is 0.334 e. The zero-order chi connectivity index (χ0) is 13.3. The molecule has 0 amide bonds. The molecule has 0 rings (SSSR count). The number of nitrogens with one attached hydrogen (secondary N) is 1. The Morgan fingerprint density at radius 1 is 1.47 bits per heavy atom. The summed E-state index contributed by atoms with van der Waals surface area (Å²) in [7, 11) is 3.97. The molecule has 1 unspecified atom stereocenters. The molecule has 17 heavy (non-hydrogen) atoms. The van der Waals surface area contributed by atoms with Crippen LogP contribution in [0.2, 0.25) is 0 Å². The minimum atomic E-state index is -0.923. The molecule has 0 saturated carbocycles. The Labute approximate surface area is 103 Å². The molecular formula is C12H23N3O2. The molecule has 1 atom stereocenters. The Morgan fingerprint density at radius 2 is 2.12 bits per heavy atom. The second kappa shape index (κ2) is 7.98. The number of nitrogens with zero attached hydrogens (tertiary/aromatic N) is 2. The van der Waals surface area contributed by atoms with Gasteiger partial charge in [0.15, 0.2) is 5.54 Å². The number of esters is 1. The average molecular weight is 241 g/mol. The Hall–Kier alpha value is -1.19. The molecule has 0 aromatic carbocycles. The number of ether oxygens (including phenoxy) is 1. The molecule has 0 heterocycles. The van der Waals surface area contributed by atoms with E-state index in [1.54, 1.807) is 6.92 Å². The lowest BCUT2D eigenvalue weighted by Crippen LogP contribution is -2.38. The van der Waals surface area contributed by atoms with Crippen LogP contribution in [0, 0.1) is 5.41 Å². The number of carbonyl (C=O) groups excluding carboxylic acids is 1. The van der Waals surface area contributed by atoms with Crippen LogP contribution in [0.15, 0.2) is 4.99 Å². The average Bonchev–Trinajstić information content (AvgIpc) is 2.27. The molecule has 0 spiro atoms. The molecular weight excluding hydrogens is 218 g/mol. The molecule has 0 fully saturated rings. The second-order valence-electron chi connectivity index (χ2n) is 4.24. The first-order valence-corrected chi connectivity index (χ1v) is 5.98. The monoisotopic (exact) mass is 241 g/mol. The number of rotatable bonds is 8. The van der Waals surface area contributed by atoms with Crippen molar-refractivity contribution in [3.8, 4) is 0 Å². The maximum atomic E-state index is 11.9. The number of hydrogen-bond donors (Lipinski definition) is 1. The molecule has 5 nitrogen and oxygen atoms in total. The Kier molecular flexibility index (Phi) is 7.42. The Bertz CT molecular complexity index is 285. The summed E-state index contributed by atoms with van der Waals surface area (Å²) in [6.07, 6.45) is 1.96. The summed E-state index contributed by atoms with van der Waals surface area (Å²) in [6, 6.07) is 2.00. The third-order valence-electron chi connectivity index (χ3n) is 2.71. The summed E-state index contributed by atoms with van der Waals surface area (Å²) in [4.78, 5) is 17.9. The lowest BCUT2D eigenvalue weighted by Gasteiger charge is -2.25. The van der Waals surface area contributed by atoms with Crippen molar-refractivity contribution in [2.75, 3.05) is 27.2 Å². The van der Waals surface area contributed by atoms with Gasteiger partial charge in [0.2, 0.25) is 0 Å². The SMILES string of the molecule is CCOC(=O)C(CC)(CCCN(C)C)N=C=N. The van der Waals surface area contributed by atoms with Crippen molar-refractivity contribution >= 4 is 12.0 Å². The molecule has 0 radical (unpaired) electrons. The van der Waals surface area contributed by atoms with Crippen molar-refractivity contribution in [3.05, 3.63) is 0 Å². The van der Waals surface area contributed by atoms with Crippen molar-refractivity contribution < 1.29 is 9.53 Å². The molecule has 0 bridgehead atoms. The van der Waals surface area contributed by atoms with E-state index in [-0.39, 0.29) is 5.97 Å². The van der Waals surface area contributed by atoms with Gasteiger partial charge in [0.25, 0.3) is 0 Å². The van der Waals surface area contributed by atoms with E-state index in [9.17, 15) is 4.79 Å². The zero-order valence-electron chi connectivity index (χ0n) is 11.2. The van der Waals surface area contributed by atoms with Crippen LogP contribution >= 0.6 is 0 Å². The van der Waals surface area contributed by atoms with Gasteiger partial charge in [-0.3, -0.25) is 0 Å². The third kappa shape index (κ3) is 5.11. The molecule has 0 aliphatic heterocycles. The molecule has 0 aliphatic rings. The minimum absolute atomic E-state index is 0.335. The first kappa shape index (κ1) is 15.8. The van der Waals surface area contributed by atoms with Crippen LogP contribution in [0.25, 0.3) is 0 Å². The largest absolute Gasteiger partial charge is 0.464 e. The topological polar surface area (TPSA) is 65.8 Å². The third-order valence-corrected chi connectivity index (χ3v) is 2.71. The van der Waals surface area contributed by atoms with Crippen molar-refractivity contribution in [3.63, 3.8) is 0 Å². The van der Waals surface area contributed by atoms with E-state index in [1.807, 2.05) is 27.0 Å². The predicted octanol–water partition coefficient (Wildman–Crippen LogP) is 1.79. The molecule has 0 aromatic heterocycles. The normalized spacial score (nSPS) is 13.9. The maximum absolute atomic E-state index is 11.9. The van der Waals surface area contributed by atoms with Crippen molar-refractivity contribution in [1.29, 1.82) is 5.41 Å². The van der Waals surface area contributed by atoms with E-state index >= 15 is 0 Å². The van der Waals surface area contributed by atoms with Crippen LogP contribution in [0.4, 0.5) is 0 Å².